The molecule has 0 aliphatic heterocycles. The van der Waals surface area contributed by atoms with E-state index < -0.39 is 5.82 Å². The normalized spacial score (nSPS) is 9.40. The molecule has 4 heteroatoms. The van der Waals surface area contributed by atoms with Crippen molar-refractivity contribution in [3.05, 3.63) is 35.1 Å². The minimum Gasteiger partial charge on any atom is -0.341 e. The molecule has 0 saturated carbocycles. The molecule has 0 unspecified atom stereocenters. The second-order valence-electron chi connectivity index (χ2n) is 3.09. The second-order valence-corrected chi connectivity index (χ2v) is 3.09. The predicted molar refractivity (Wildman–Crippen MR) is 53.3 cm³/mol. The van der Waals surface area contributed by atoms with Gasteiger partial charge in [-0.2, -0.15) is 5.26 Å². The fraction of sp³-hybridized carbons (Fsp3) is 0.273. The number of benzene rings is 1. The molecule has 0 saturated heterocycles. The van der Waals surface area contributed by atoms with Crippen LogP contribution >= 0.6 is 0 Å². The molecular weight excluding hydrogens is 195 g/mol. The average Bonchev–Trinajstić information content (AvgIpc) is 2.27. The van der Waals surface area contributed by atoms with Crippen LogP contribution in [0.25, 0.3) is 0 Å². The lowest BCUT2D eigenvalue weighted by Gasteiger charge is -2.14. The Morgan fingerprint density at radius 3 is 2.80 bits per heavy atom. The molecule has 0 heterocycles. The van der Waals surface area contributed by atoms with Crippen molar-refractivity contribution in [3.63, 3.8) is 0 Å². The van der Waals surface area contributed by atoms with Crippen LogP contribution in [0.4, 0.5) is 4.39 Å². The Bertz CT molecular complexity index is 398. The van der Waals surface area contributed by atoms with Gasteiger partial charge in [0.2, 0.25) is 6.41 Å². The topological polar surface area (TPSA) is 44.1 Å². The van der Waals surface area contributed by atoms with Crippen molar-refractivity contribution in [2.75, 3.05) is 6.54 Å². The number of amides is 1. The van der Waals surface area contributed by atoms with Gasteiger partial charge in [-0.15, -0.1) is 0 Å². The van der Waals surface area contributed by atoms with E-state index in [-0.39, 0.29) is 12.1 Å². The van der Waals surface area contributed by atoms with Crippen molar-refractivity contribution >= 4 is 6.41 Å². The summed E-state index contributed by atoms with van der Waals surface area (Å²) in [6.45, 7) is 2.58. The maximum Gasteiger partial charge on any atom is 0.209 e. The van der Waals surface area contributed by atoms with E-state index in [4.69, 9.17) is 5.26 Å². The summed E-state index contributed by atoms with van der Waals surface area (Å²) < 4.78 is 13.4. The smallest absolute Gasteiger partial charge is 0.209 e. The highest BCUT2D eigenvalue weighted by Crippen LogP contribution is 2.11. The first-order valence-corrected chi connectivity index (χ1v) is 4.59. The molecular formula is C11H11FN2O. The van der Waals surface area contributed by atoms with E-state index >= 15 is 0 Å². The number of carbonyl (C=O) groups excluding carboxylic acids is 1. The van der Waals surface area contributed by atoms with Crippen LogP contribution in [0.15, 0.2) is 18.2 Å². The zero-order valence-electron chi connectivity index (χ0n) is 8.40. The summed E-state index contributed by atoms with van der Waals surface area (Å²) >= 11 is 0. The molecule has 0 N–H and O–H groups in total. The van der Waals surface area contributed by atoms with Crippen LogP contribution < -0.4 is 0 Å². The van der Waals surface area contributed by atoms with E-state index in [1.165, 1.54) is 23.1 Å². The Labute approximate surface area is 87.7 Å². The first kappa shape index (κ1) is 11.2. The number of hydrogen-bond donors (Lipinski definition) is 0. The highest BCUT2D eigenvalue weighted by atomic mass is 19.1. The molecule has 0 radical (unpaired) electrons. The van der Waals surface area contributed by atoms with Crippen LogP contribution in [0.3, 0.4) is 0 Å². The van der Waals surface area contributed by atoms with Gasteiger partial charge in [0.25, 0.3) is 0 Å². The summed E-state index contributed by atoms with van der Waals surface area (Å²) in [6, 6.07) is 6.09. The van der Waals surface area contributed by atoms with Crippen LogP contribution in [-0.4, -0.2) is 17.9 Å². The number of carbonyl (C=O) groups is 1. The van der Waals surface area contributed by atoms with E-state index in [9.17, 15) is 9.18 Å². The Balaban J connectivity index is 2.87. The highest BCUT2D eigenvalue weighted by molar-refractivity contribution is 5.47. The molecule has 0 fully saturated rings. The van der Waals surface area contributed by atoms with Gasteiger partial charge in [-0.3, -0.25) is 4.79 Å². The van der Waals surface area contributed by atoms with Gasteiger partial charge in [0.1, 0.15) is 5.82 Å². The van der Waals surface area contributed by atoms with Crippen molar-refractivity contribution in [2.45, 2.75) is 13.5 Å². The van der Waals surface area contributed by atoms with Gasteiger partial charge < -0.3 is 4.90 Å². The summed E-state index contributed by atoms with van der Waals surface area (Å²) in [7, 11) is 0. The summed E-state index contributed by atoms with van der Waals surface area (Å²) in [5, 5.41) is 8.54. The standard InChI is InChI=1S/C11H11FN2O/c1-2-14(8-15)7-10-4-3-9(6-13)5-11(10)12/h3-5,8H,2,7H2,1H3. The predicted octanol–water partition coefficient (Wildman–Crippen LogP) is 1.68. The number of halogens is 1. The van der Waals surface area contributed by atoms with Gasteiger partial charge in [0.15, 0.2) is 0 Å². The van der Waals surface area contributed by atoms with Gasteiger partial charge in [-0.1, -0.05) is 6.07 Å². The van der Waals surface area contributed by atoms with E-state index in [2.05, 4.69) is 0 Å². The van der Waals surface area contributed by atoms with E-state index in [0.717, 1.165) is 0 Å². The molecule has 78 valence electrons. The Kier molecular flexibility index (Phi) is 3.81. The minimum absolute atomic E-state index is 0.234. The molecule has 1 aromatic rings. The van der Waals surface area contributed by atoms with E-state index in [0.29, 0.717) is 18.5 Å². The third-order valence-electron chi connectivity index (χ3n) is 2.11. The van der Waals surface area contributed by atoms with Crippen LogP contribution in [-0.2, 0) is 11.3 Å². The van der Waals surface area contributed by atoms with E-state index in [1.807, 2.05) is 13.0 Å². The van der Waals surface area contributed by atoms with Crippen LogP contribution in [0.1, 0.15) is 18.1 Å². The van der Waals surface area contributed by atoms with Crippen LogP contribution in [0.2, 0.25) is 0 Å². The summed E-state index contributed by atoms with van der Waals surface area (Å²) in [4.78, 5) is 12.0. The fourth-order valence-electron chi connectivity index (χ4n) is 1.19. The van der Waals surface area contributed by atoms with Crippen molar-refractivity contribution < 1.29 is 9.18 Å². The lowest BCUT2D eigenvalue weighted by molar-refractivity contribution is -0.118. The molecule has 0 spiro atoms. The first-order valence-electron chi connectivity index (χ1n) is 4.59. The molecule has 1 aromatic carbocycles. The number of nitrogens with zero attached hydrogens (tertiary/aromatic N) is 2. The molecule has 15 heavy (non-hydrogen) atoms. The first-order chi connectivity index (χ1) is 7.21. The molecule has 3 nitrogen and oxygen atoms in total. The maximum atomic E-state index is 13.4. The molecule has 0 aliphatic rings. The average molecular weight is 206 g/mol. The van der Waals surface area contributed by atoms with Crippen LogP contribution in [0.5, 0.6) is 0 Å². The molecule has 0 atom stereocenters. The summed E-state index contributed by atoms with van der Waals surface area (Å²) in [6.07, 6.45) is 0.678. The van der Waals surface area contributed by atoms with Gasteiger partial charge in [0.05, 0.1) is 11.6 Å². The van der Waals surface area contributed by atoms with E-state index in [1.54, 1.807) is 0 Å². The SMILES string of the molecule is CCN(C=O)Cc1ccc(C#N)cc1F. The molecule has 1 rings (SSSR count). The minimum atomic E-state index is -0.450. The number of rotatable bonds is 4. The lowest BCUT2D eigenvalue weighted by Crippen LogP contribution is -2.21. The second kappa shape index (κ2) is 5.11. The fourth-order valence-corrected chi connectivity index (χ4v) is 1.19. The summed E-state index contributed by atoms with van der Waals surface area (Å²) in [5.74, 6) is -0.450. The maximum absolute atomic E-state index is 13.4. The Morgan fingerprint density at radius 1 is 1.60 bits per heavy atom. The number of nitriles is 1. The van der Waals surface area contributed by atoms with Crippen molar-refractivity contribution in [2.24, 2.45) is 0 Å². The third kappa shape index (κ3) is 2.78. The Morgan fingerprint density at radius 2 is 2.33 bits per heavy atom. The molecule has 1 amide bonds. The highest BCUT2D eigenvalue weighted by Gasteiger charge is 2.06. The molecule has 0 bridgehead atoms. The van der Waals surface area contributed by atoms with Crippen LogP contribution in [0, 0.1) is 17.1 Å². The monoisotopic (exact) mass is 206 g/mol. The third-order valence-corrected chi connectivity index (χ3v) is 2.11. The van der Waals surface area contributed by atoms with Gasteiger partial charge in [-0.05, 0) is 19.1 Å². The van der Waals surface area contributed by atoms with Crippen molar-refractivity contribution in [1.82, 2.24) is 4.90 Å². The van der Waals surface area contributed by atoms with Gasteiger partial charge in [0, 0.05) is 18.7 Å². The lowest BCUT2D eigenvalue weighted by atomic mass is 10.1. The zero-order valence-corrected chi connectivity index (χ0v) is 8.40. The van der Waals surface area contributed by atoms with Crippen molar-refractivity contribution in [1.29, 1.82) is 5.26 Å². The van der Waals surface area contributed by atoms with Gasteiger partial charge in [-0.25, -0.2) is 4.39 Å². The number of hydrogen-bond acceptors (Lipinski definition) is 2. The molecule has 0 aliphatic carbocycles. The Hall–Kier alpha value is -1.89. The van der Waals surface area contributed by atoms with Crippen molar-refractivity contribution in [3.8, 4) is 6.07 Å². The summed E-state index contributed by atoms with van der Waals surface area (Å²) in [5.41, 5.74) is 0.702. The quantitative estimate of drug-likeness (QED) is 0.703. The zero-order chi connectivity index (χ0) is 11.3. The largest absolute Gasteiger partial charge is 0.341 e. The van der Waals surface area contributed by atoms with Gasteiger partial charge >= 0.3 is 0 Å². The molecule has 0 aromatic heterocycles.